The molecule has 7 nitrogen and oxygen atoms in total. The number of rotatable bonds is 4. The largest absolute Gasteiger partial charge is 0.384 e. The van der Waals surface area contributed by atoms with Crippen LogP contribution in [-0.2, 0) is 21.1 Å². The second-order valence-electron chi connectivity index (χ2n) is 8.09. The highest BCUT2D eigenvalue weighted by atomic mass is 32.2. The molecule has 160 valence electrons. The van der Waals surface area contributed by atoms with Gasteiger partial charge in [0, 0.05) is 6.61 Å². The Hall–Kier alpha value is -2.97. The van der Waals surface area contributed by atoms with Crippen LogP contribution in [0.1, 0.15) is 24.0 Å². The van der Waals surface area contributed by atoms with E-state index in [1.807, 2.05) is 44.2 Å². The molecule has 1 fully saturated rings. The summed E-state index contributed by atoms with van der Waals surface area (Å²) in [6.45, 7) is 4.99. The van der Waals surface area contributed by atoms with Crippen LogP contribution in [0.3, 0.4) is 0 Å². The Labute approximate surface area is 180 Å². The van der Waals surface area contributed by atoms with Crippen LogP contribution in [0.2, 0.25) is 0 Å². The van der Waals surface area contributed by atoms with Gasteiger partial charge in [0.2, 0.25) is 9.84 Å². The zero-order chi connectivity index (χ0) is 21.8. The Kier molecular flexibility index (Phi) is 4.71. The minimum atomic E-state index is -3.91. The molecule has 5 rings (SSSR count). The first-order chi connectivity index (χ1) is 14.9. The van der Waals surface area contributed by atoms with Gasteiger partial charge in [-0.2, -0.15) is 0 Å². The van der Waals surface area contributed by atoms with Gasteiger partial charge in [-0.25, -0.2) is 18.4 Å². The molecule has 0 bridgehead atoms. The molecule has 1 aliphatic rings. The molecule has 0 unspecified atom stereocenters. The first-order valence-corrected chi connectivity index (χ1v) is 11.8. The summed E-state index contributed by atoms with van der Waals surface area (Å²) in [7, 11) is -3.91. The SMILES string of the molecule is Cc1ccc(S(=O)(=O)c2c(N)n(C[C@H]3CCCO3)c3nc4ccccc4nc23)cc1C. The number of nitrogen functional groups attached to an aromatic ring is 1. The molecule has 2 N–H and O–H groups in total. The van der Waals surface area contributed by atoms with Gasteiger partial charge >= 0.3 is 0 Å². The Balaban J connectivity index is 1.79. The fourth-order valence-electron chi connectivity index (χ4n) is 4.13. The maximum absolute atomic E-state index is 13.7. The van der Waals surface area contributed by atoms with Crippen molar-refractivity contribution in [3.63, 3.8) is 0 Å². The van der Waals surface area contributed by atoms with Gasteiger partial charge in [0.1, 0.15) is 16.2 Å². The first-order valence-electron chi connectivity index (χ1n) is 10.3. The molecular formula is C23H24N4O3S. The number of nitrogens with zero attached hydrogens (tertiary/aromatic N) is 3. The third kappa shape index (κ3) is 3.26. The van der Waals surface area contributed by atoms with Crippen LogP contribution in [0, 0.1) is 13.8 Å². The van der Waals surface area contributed by atoms with E-state index in [4.69, 9.17) is 15.5 Å². The molecule has 0 spiro atoms. The van der Waals surface area contributed by atoms with Crippen LogP contribution < -0.4 is 5.73 Å². The lowest BCUT2D eigenvalue weighted by Gasteiger charge is -2.13. The summed E-state index contributed by atoms with van der Waals surface area (Å²) in [6, 6.07) is 12.5. The lowest BCUT2D eigenvalue weighted by Crippen LogP contribution is -2.17. The molecule has 0 amide bonds. The minimum Gasteiger partial charge on any atom is -0.384 e. The molecule has 2 aromatic heterocycles. The van der Waals surface area contributed by atoms with E-state index in [9.17, 15) is 8.42 Å². The highest BCUT2D eigenvalue weighted by Gasteiger charge is 2.31. The predicted octanol–water partition coefficient (Wildman–Crippen LogP) is 3.80. The number of aryl methyl sites for hydroxylation is 2. The Morgan fingerprint density at radius 3 is 2.52 bits per heavy atom. The molecule has 1 aliphatic heterocycles. The fourth-order valence-corrected chi connectivity index (χ4v) is 5.72. The summed E-state index contributed by atoms with van der Waals surface area (Å²) < 4.78 is 35.0. The molecule has 1 atom stereocenters. The topological polar surface area (TPSA) is 100 Å². The molecule has 0 saturated carbocycles. The van der Waals surface area contributed by atoms with Crippen molar-refractivity contribution in [3.8, 4) is 0 Å². The van der Waals surface area contributed by atoms with Gasteiger partial charge < -0.3 is 15.0 Å². The van der Waals surface area contributed by atoms with Crippen molar-refractivity contribution in [2.24, 2.45) is 0 Å². The van der Waals surface area contributed by atoms with Crippen molar-refractivity contribution >= 4 is 37.9 Å². The third-order valence-electron chi connectivity index (χ3n) is 6.01. The van der Waals surface area contributed by atoms with E-state index >= 15 is 0 Å². The number of sulfone groups is 1. The van der Waals surface area contributed by atoms with Crippen LogP contribution in [0.25, 0.3) is 22.2 Å². The Morgan fingerprint density at radius 2 is 1.84 bits per heavy atom. The van der Waals surface area contributed by atoms with Gasteiger partial charge in [0.25, 0.3) is 0 Å². The Bertz CT molecular complexity index is 1420. The van der Waals surface area contributed by atoms with Crippen molar-refractivity contribution in [2.45, 2.75) is 49.1 Å². The van der Waals surface area contributed by atoms with Crippen LogP contribution >= 0.6 is 0 Å². The number of nitrogens with two attached hydrogens (primary N) is 1. The van der Waals surface area contributed by atoms with E-state index in [-0.39, 0.29) is 21.7 Å². The van der Waals surface area contributed by atoms with Gasteiger partial charge in [-0.3, -0.25) is 0 Å². The van der Waals surface area contributed by atoms with E-state index in [1.54, 1.807) is 16.7 Å². The van der Waals surface area contributed by atoms with E-state index < -0.39 is 9.84 Å². The van der Waals surface area contributed by atoms with Crippen LogP contribution in [0.15, 0.2) is 52.3 Å². The number of aromatic nitrogens is 3. The quantitative estimate of drug-likeness (QED) is 0.522. The lowest BCUT2D eigenvalue weighted by atomic mass is 10.1. The second kappa shape index (κ2) is 7.32. The molecule has 1 saturated heterocycles. The number of anilines is 1. The monoisotopic (exact) mass is 436 g/mol. The van der Waals surface area contributed by atoms with Crippen molar-refractivity contribution < 1.29 is 13.2 Å². The first kappa shape index (κ1) is 20.0. The fraction of sp³-hybridized carbons (Fsp3) is 0.304. The van der Waals surface area contributed by atoms with E-state index in [0.29, 0.717) is 35.3 Å². The number of benzene rings is 2. The van der Waals surface area contributed by atoms with Crippen molar-refractivity contribution in [1.82, 2.24) is 14.5 Å². The van der Waals surface area contributed by atoms with Crippen molar-refractivity contribution in [2.75, 3.05) is 12.3 Å². The summed E-state index contributed by atoms with van der Waals surface area (Å²) in [4.78, 5) is 9.64. The Morgan fingerprint density at radius 1 is 1.10 bits per heavy atom. The van der Waals surface area contributed by atoms with Crippen molar-refractivity contribution in [3.05, 3.63) is 53.6 Å². The molecule has 8 heteroatoms. The number of para-hydroxylation sites is 2. The summed E-state index contributed by atoms with van der Waals surface area (Å²) in [5, 5.41) is 0. The molecule has 0 aliphatic carbocycles. The summed E-state index contributed by atoms with van der Waals surface area (Å²) in [6.07, 6.45) is 1.86. The summed E-state index contributed by atoms with van der Waals surface area (Å²) in [5.74, 6) is 0.152. The lowest BCUT2D eigenvalue weighted by molar-refractivity contribution is 0.0983. The second-order valence-corrected chi connectivity index (χ2v) is 9.98. The summed E-state index contributed by atoms with van der Waals surface area (Å²) >= 11 is 0. The normalized spacial score (nSPS) is 17.0. The van der Waals surface area contributed by atoms with Gasteiger partial charge in [-0.05, 0) is 62.1 Å². The number of ether oxygens (including phenoxy) is 1. The van der Waals surface area contributed by atoms with Gasteiger partial charge in [-0.1, -0.05) is 18.2 Å². The van der Waals surface area contributed by atoms with Crippen LogP contribution in [0.5, 0.6) is 0 Å². The van der Waals surface area contributed by atoms with Crippen LogP contribution in [0.4, 0.5) is 5.82 Å². The molecule has 3 heterocycles. The van der Waals surface area contributed by atoms with Gasteiger partial charge in [0.15, 0.2) is 5.65 Å². The highest BCUT2D eigenvalue weighted by molar-refractivity contribution is 7.92. The van der Waals surface area contributed by atoms with E-state index in [0.717, 1.165) is 24.0 Å². The van der Waals surface area contributed by atoms with E-state index in [2.05, 4.69) is 4.98 Å². The third-order valence-corrected chi connectivity index (χ3v) is 7.83. The summed E-state index contributed by atoms with van der Waals surface area (Å²) in [5.41, 5.74) is 10.5. The average molecular weight is 437 g/mol. The number of hydrogen-bond acceptors (Lipinski definition) is 6. The van der Waals surface area contributed by atoms with E-state index in [1.165, 1.54) is 0 Å². The molecule has 31 heavy (non-hydrogen) atoms. The number of hydrogen-bond donors (Lipinski definition) is 1. The zero-order valence-corrected chi connectivity index (χ0v) is 18.3. The predicted molar refractivity (Wildman–Crippen MR) is 120 cm³/mol. The maximum atomic E-state index is 13.7. The zero-order valence-electron chi connectivity index (χ0n) is 17.5. The highest BCUT2D eigenvalue weighted by Crippen LogP contribution is 2.36. The van der Waals surface area contributed by atoms with Crippen molar-refractivity contribution in [1.29, 1.82) is 0 Å². The molecule has 0 radical (unpaired) electrons. The average Bonchev–Trinajstić information content (AvgIpc) is 3.35. The number of fused-ring (bicyclic) bond motifs is 2. The smallest absolute Gasteiger partial charge is 0.212 e. The standard InChI is InChI=1S/C23H24N4O3S/c1-14-9-10-17(12-15(14)2)31(28,29)21-20-23(26-19-8-4-3-7-18(19)25-20)27(22(21)24)13-16-6-5-11-30-16/h3-4,7-10,12,16H,5-6,11,13,24H2,1-2H3/t16-/m1/s1. The van der Waals surface area contributed by atoms with Crippen LogP contribution in [-0.4, -0.2) is 35.7 Å². The van der Waals surface area contributed by atoms with Gasteiger partial charge in [-0.15, -0.1) is 0 Å². The minimum absolute atomic E-state index is 0.0157. The molecular weight excluding hydrogens is 412 g/mol. The molecule has 4 aromatic rings. The van der Waals surface area contributed by atoms with Gasteiger partial charge in [0.05, 0.1) is 28.6 Å². The maximum Gasteiger partial charge on any atom is 0.212 e. The molecule has 2 aromatic carbocycles.